The van der Waals surface area contributed by atoms with Crippen LogP contribution in [0.1, 0.15) is 83.6 Å². The molecule has 5 rings (SSSR count). The van der Waals surface area contributed by atoms with Crippen molar-refractivity contribution in [3.63, 3.8) is 0 Å². The second-order valence-corrected chi connectivity index (χ2v) is 14.1. The van der Waals surface area contributed by atoms with E-state index in [0.29, 0.717) is 19.5 Å². The Morgan fingerprint density at radius 3 is 2.23 bits per heavy atom. The van der Waals surface area contributed by atoms with Crippen molar-refractivity contribution in [2.75, 3.05) is 27.3 Å². The van der Waals surface area contributed by atoms with E-state index in [9.17, 15) is 19.2 Å². The molecule has 0 unspecified atom stereocenters. The highest BCUT2D eigenvalue weighted by atomic mass is 16.5. The number of methoxy groups -OCH3 is 2. The third-order valence-corrected chi connectivity index (χ3v) is 9.94. The summed E-state index contributed by atoms with van der Waals surface area (Å²) in [6.45, 7) is 8.93. The van der Waals surface area contributed by atoms with Crippen LogP contribution in [0.2, 0.25) is 0 Å². The summed E-state index contributed by atoms with van der Waals surface area (Å²) >= 11 is 0. The number of alkyl carbamates (subject to hydrolysis) is 1. The maximum Gasteiger partial charge on any atom is 0.407 e. The number of carbonyl (C=O) groups is 4. The van der Waals surface area contributed by atoms with Crippen LogP contribution >= 0.6 is 0 Å². The lowest BCUT2D eigenvalue weighted by Gasteiger charge is -2.31. The summed E-state index contributed by atoms with van der Waals surface area (Å²) in [5.74, 6) is 11.7. The summed E-state index contributed by atoms with van der Waals surface area (Å²) in [5.41, 5.74) is 4.33. The summed E-state index contributed by atoms with van der Waals surface area (Å²) in [7, 11) is 2.63. The van der Waals surface area contributed by atoms with E-state index in [1.54, 1.807) is 12.4 Å². The fourth-order valence-corrected chi connectivity index (χ4v) is 6.98. The van der Waals surface area contributed by atoms with Gasteiger partial charge in [-0.3, -0.25) is 19.4 Å². The van der Waals surface area contributed by atoms with Crippen molar-refractivity contribution in [1.82, 2.24) is 25.1 Å². The molecule has 2 saturated heterocycles. The van der Waals surface area contributed by atoms with E-state index in [1.807, 2.05) is 61.8 Å². The zero-order valence-electron chi connectivity index (χ0n) is 30.8. The number of amides is 3. The van der Waals surface area contributed by atoms with Gasteiger partial charge in [-0.15, -0.1) is 0 Å². The van der Waals surface area contributed by atoms with Gasteiger partial charge in [-0.25, -0.2) is 9.78 Å². The summed E-state index contributed by atoms with van der Waals surface area (Å²) in [5, 5.41) is 2.68. The van der Waals surface area contributed by atoms with Crippen LogP contribution in [-0.4, -0.2) is 88.7 Å². The third kappa shape index (κ3) is 8.92. The van der Waals surface area contributed by atoms with Gasteiger partial charge in [-0.2, -0.15) is 0 Å². The molecule has 12 heteroatoms. The number of nitrogens with one attached hydrogen (secondary N) is 2. The number of hydrogen-bond donors (Lipinski definition) is 2. The van der Waals surface area contributed by atoms with Crippen LogP contribution in [0.15, 0.2) is 47.2 Å². The van der Waals surface area contributed by atoms with E-state index in [1.165, 1.54) is 14.2 Å². The number of aliphatic imine (C=N–C) groups is 1. The number of allylic oxidation sites excluding steroid dienone is 1. The number of carbonyl (C=O) groups excluding carboxylic acids is 4. The first-order valence-electron chi connectivity index (χ1n) is 18.0. The molecule has 4 atom stereocenters. The number of hydrogen-bond acceptors (Lipinski definition) is 8. The van der Waals surface area contributed by atoms with Crippen molar-refractivity contribution in [3.8, 4) is 34.9 Å². The molecule has 3 aliphatic heterocycles. The molecule has 0 bridgehead atoms. The minimum Gasteiger partial charge on any atom is -0.469 e. The molecule has 1 aromatic carbocycles. The van der Waals surface area contributed by atoms with Crippen LogP contribution < -0.4 is 5.32 Å². The first kappa shape index (κ1) is 37.9. The van der Waals surface area contributed by atoms with Crippen LogP contribution in [0.4, 0.5) is 4.79 Å². The molecule has 0 radical (unpaired) electrons. The minimum atomic E-state index is -0.674. The van der Waals surface area contributed by atoms with Gasteiger partial charge in [-0.1, -0.05) is 51.7 Å². The van der Waals surface area contributed by atoms with Crippen molar-refractivity contribution < 1.29 is 28.7 Å². The number of esters is 1. The topological polar surface area (TPSA) is 146 Å². The van der Waals surface area contributed by atoms with Crippen molar-refractivity contribution in [2.45, 2.75) is 84.3 Å². The normalized spacial score (nSPS) is 19.2. The van der Waals surface area contributed by atoms with E-state index in [0.717, 1.165) is 59.6 Å². The first-order valence-corrected chi connectivity index (χ1v) is 18.0. The van der Waals surface area contributed by atoms with Gasteiger partial charge >= 0.3 is 12.1 Å². The maximum absolute atomic E-state index is 13.5. The van der Waals surface area contributed by atoms with Crippen LogP contribution in [0, 0.1) is 41.4 Å². The van der Waals surface area contributed by atoms with Crippen LogP contribution in [-0.2, 0) is 23.9 Å². The molecule has 2 aromatic rings. The van der Waals surface area contributed by atoms with E-state index >= 15 is 0 Å². The number of aromatic amines is 1. The Bertz CT molecular complexity index is 1840. The molecule has 0 spiro atoms. The quantitative estimate of drug-likeness (QED) is 0.260. The number of rotatable bonds is 10. The standard InChI is InChI=1S/C40H48N6O6/c1-25(2)30(22-35(47)51-5)38(48)46-20-10-14-34(46)37-42-24-32(43-37)29-17-15-27(16-18-29)11-7-8-12-28-21-31(41-23-28)33-13-9-19-45(33)39(49)36(26(3)4)44-40(50)52-6/h15-18,23-26,30,33-34,36H,9-10,13-14,19-22H2,1-6H3,(H,42,43)(H,44,50)/t30-,33+,34+,36+/m1/s1. The van der Waals surface area contributed by atoms with E-state index in [4.69, 9.17) is 9.47 Å². The lowest BCUT2D eigenvalue weighted by Crippen LogP contribution is -2.53. The molecule has 12 nitrogen and oxygen atoms in total. The molecule has 274 valence electrons. The van der Waals surface area contributed by atoms with Gasteiger partial charge in [-0.05, 0) is 67.1 Å². The number of likely N-dealkylation sites (tertiary alicyclic amines) is 2. The first-order chi connectivity index (χ1) is 25.0. The zero-order valence-corrected chi connectivity index (χ0v) is 30.8. The Kier molecular flexibility index (Phi) is 12.6. The maximum atomic E-state index is 13.5. The van der Waals surface area contributed by atoms with Gasteiger partial charge in [0.2, 0.25) is 11.8 Å². The molecule has 1 aromatic heterocycles. The molecular formula is C40H48N6O6. The van der Waals surface area contributed by atoms with E-state index < -0.39 is 18.1 Å². The Morgan fingerprint density at radius 2 is 1.58 bits per heavy atom. The second kappa shape index (κ2) is 17.2. The van der Waals surface area contributed by atoms with Crippen LogP contribution in [0.25, 0.3) is 11.3 Å². The average molecular weight is 709 g/mol. The minimum absolute atomic E-state index is 0.00347. The fraction of sp³-hybridized carbons (Fsp3) is 0.500. The van der Waals surface area contributed by atoms with Crippen molar-refractivity contribution in [3.05, 3.63) is 53.6 Å². The third-order valence-electron chi connectivity index (χ3n) is 9.94. The predicted octanol–water partition coefficient (Wildman–Crippen LogP) is 5.03. The van der Waals surface area contributed by atoms with Crippen molar-refractivity contribution in [2.24, 2.45) is 22.7 Å². The number of nitrogens with zero attached hydrogens (tertiary/aromatic N) is 4. The summed E-state index contributed by atoms with van der Waals surface area (Å²) in [4.78, 5) is 67.1. The number of H-pyrrole nitrogens is 1. The number of benzene rings is 1. The molecule has 3 aliphatic rings. The lowest BCUT2D eigenvalue weighted by molar-refractivity contribution is -0.148. The molecule has 4 heterocycles. The summed E-state index contributed by atoms with van der Waals surface area (Å²) < 4.78 is 9.57. The average Bonchev–Trinajstić information content (AvgIpc) is 3.97. The Morgan fingerprint density at radius 1 is 0.904 bits per heavy atom. The Labute approximate surface area is 305 Å². The lowest BCUT2D eigenvalue weighted by atomic mass is 9.91. The highest BCUT2D eigenvalue weighted by molar-refractivity contribution is 5.98. The van der Waals surface area contributed by atoms with Gasteiger partial charge < -0.3 is 29.6 Å². The van der Waals surface area contributed by atoms with Gasteiger partial charge in [0, 0.05) is 42.6 Å². The summed E-state index contributed by atoms with van der Waals surface area (Å²) in [6, 6.07) is 6.82. The number of aromatic nitrogens is 2. The highest BCUT2D eigenvalue weighted by Gasteiger charge is 2.39. The van der Waals surface area contributed by atoms with Crippen LogP contribution in [0.5, 0.6) is 0 Å². The Hall–Kier alpha value is -5.36. The van der Waals surface area contributed by atoms with Crippen molar-refractivity contribution in [1.29, 1.82) is 0 Å². The van der Waals surface area contributed by atoms with Gasteiger partial charge in [0.25, 0.3) is 0 Å². The van der Waals surface area contributed by atoms with E-state index in [-0.39, 0.29) is 48.1 Å². The van der Waals surface area contributed by atoms with Gasteiger partial charge in [0.05, 0.1) is 50.5 Å². The van der Waals surface area contributed by atoms with Gasteiger partial charge in [0.15, 0.2) is 0 Å². The molecule has 52 heavy (non-hydrogen) atoms. The molecule has 2 fully saturated rings. The number of ether oxygens (including phenoxy) is 2. The van der Waals surface area contributed by atoms with Gasteiger partial charge in [0.1, 0.15) is 11.9 Å². The largest absolute Gasteiger partial charge is 0.469 e. The smallest absolute Gasteiger partial charge is 0.407 e. The predicted molar refractivity (Wildman–Crippen MR) is 196 cm³/mol. The van der Waals surface area contributed by atoms with Crippen LogP contribution in [0.3, 0.4) is 0 Å². The summed E-state index contributed by atoms with van der Waals surface area (Å²) in [6.07, 6.45) is 6.87. The molecule has 0 aliphatic carbocycles. The van der Waals surface area contributed by atoms with E-state index in [2.05, 4.69) is 44.0 Å². The molecule has 3 amide bonds. The zero-order chi connectivity index (χ0) is 37.4. The Balaban J connectivity index is 1.16. The molecule has 0 saturated carbocycles. The SMILES string of the molecule is COC(=O)C[C@@H](C(=O)N1CCC[C@H]1c1ncc(-c2ccc(C#CC#CC3=CN=C([C@@H]4CCCN4C(=O)[C@@H](NC(=O)OC)C(C)C)C3)cc2)[nH]1)C(C)C. The molecule has 2 N–H and O–H groups in total. The van der Waals surface area contributed by atoms with Crippen molar-refractivity contribution >= 4 is 29.6 Å². The second-order valence-electron chi connectivity index (χ2n) is 14.1. The monoisotopic (exact) mass is 708 g/mol. The fourth-order valence-electron chi connectivity index (χ4n) is 6.98. The molecular weight excluding hydrogens is 660 g/mol. The highest BCUT2D eigenvalue weighted by Crippen LogP contribution is 2.34. The number of imidazole rings is 1.